The smallest absolute Gasteiger partial charge is 0.243 e. The van der Waals surface area contributed by atoms with Crippen LogP contribution in [0.5, 0.6) is 0 Å². The molecular weight excluding hydrogens is 350 g/mol. The summed E-state index contributed by atoms with van der Waals surface area (Å²) in [5.41, 5.74) is 5.05. The number of nitrogens with one attached hydrogen (secondary N) is 2. The number of carbonyl (C=O) groups is 2. The van der Waals surface area contributed by atoms with Crippen LogP contribution in [0.3, 0.4) is 0 Å². The van der Waals surface area contributed by atoms with Crippen LogP contribution in [-0.2, 0) is 29.1 Å². The highest BCUT2D eigenvalue weighted by Crippen LogP contribution is 2.28. The molecule has 1 aliphatic heterocycles. The predicted molar refractivity (Wildman–Crippen MR) is 112 cm³/mol. The minimum Gasteiger partial charge on any atom is -0.367 e. The van der Waals surface area contributed by atoms with E-state index in [1.807, 2.05) is 13.8 Å². The summed E-state index contributed by atoms with van der Waals surface area (Å²) in [5.74, 6) is -0.306. The standard InChI is InChI=1S/C23H29N3O2/c1-16(2)22(25-17(3)27)23(28)24-14-18-8-10-19(11-9-18)15-26-13-12-20-6-4-5-7-21(20)26/h4-11,16,22H,12-15H2,1-3H3,(H,24,28)(H,25,27). The molecule has 0 saturated carbocycles. The van der Waals surface area contributed by atoms with E-state index < -0.39 is 6.04 Å². The predicted octanol–water partition coefficient (Wildman–Crippen LogP) is 3.03. The third-order valence-electron chi connectivity index (χ3n) is 5.15. The van der Waals surface area contributed by atoms with Gasteiger partial charge in [-0.1, -0.05) is 56.3 Å². The summed E-state index contributed by atoms with van der Waals surface area (Å²) in [6.07, 6.45) is 1.10. The Morgan fingerprint density at radius 3 is 2.39 bits per heavy atom. The second kappa shape index (κ2) is 8.91. The second-order valence-corrected chi connectivity index (χ2v) is 7.76. The number of fused-ring (bicyclic) bond motifs is 1. The van der Waals surface area contributed by atoms with Crippen LogP contribution < -0.4 is 15.5 Å². The van der Waals surface area contributed by atoms with Gasteiger partial charge >= 0.3 is 0 Å². The van der Waals surface area contributed by atoms with Crippen LogP contribution in [0.4, 0.5) is 5.69 Å². The zero-order valence-electron chi connectivity index (χ0n) is 16.9. The van der Waals surface area contributed by atoms with E-state index in [2.05, 4.69) is 64.1 Å². The van der Waals surface area contributed by atoms with Crippen molar-refractivity contribution >= 4 is 17.5 Å². The van der Waals surface area contributed by atoms with Crippen molar-refractivity contribution in [2.24, 2.45) is 5.92 Å². The molecule has 2 amide bonds. The number of hydrogen-bond donors (Lipinski definition) is 2. The molecule has 1 heterocycles. The Kier molecular flexibility index (Phi) is 6.34. The molecule has 28 heavy (non-hydrogen) atoms. The number of anilines is 1. The average molecular weight is 380 g/mol. The van der Waals surface area contributed by atoms with Crippen molar-refractivity contribution in [2.75, 3.05) is 11.4 Å². The Balaban J connectivity index is 1.55. The maximum atomic E-state index is 12.4. The molecule has 5 heteroatoms. The fraction of sp³-hybridized carbons (Fsp3) is 0.391. The van der Waals surface area contributed by atoms with Gasteiger partial charge in [-0.2, -0.15) is 0 Å². The van der Waals surface area contributed by atoms with Crippen molar-refractivity contribution in [3.63, 3.8) is 0 Å². The fourth-order valence-electron chi connectivity index (χ4n) is 3.61. The van der Waals surface area contributed by atoms with Crippen molar-refractivity contribution in [1.29, 1.82) is 0 Å². The molecule has 0 spiro atoms. The van der Waals surface area contributed by atoms with E-state index in [9.17, 15) is 9.59 Å². The lowest BCUT2D eigenvalue weighted by Crippen LogP contribution is -2.48. The van der Waals surface area contributed by atoms with Crippen LogP contribution in [-0.4, -0.2) is 24.4 Å². The highest BCUT2D eigenvalue weighted by atomic mass is 16.2. The molecule has 0 radical (unpaired) electrons. The minimum atomic E-state index is -0.507. The monoisotopic (exact) mass is 379 g/mol. The molecule has 0 fully saturated rings. The van der Waals surface area contributed by atoms with Gasteiger partial charge in [0.05, 0.1) is 0 Å². The molecule has 3 rings (SSSR count). The first-order chi connectivity index (χ1) is 13.4. The van der Waals surface area contributed by atoms with Gasteiger partial charge in [-0.15, -0.1) is 0 Å². The summed E-state index contributed by atoms with van der Waals surface area (Å²) in [6, 6.07) is 16.4. The molecule has 2 aromatic rings. The number of nitrogens with zero attached hydrogens (tertiary/aromatic N) is 1. The van der Waals surface area contributed by atoms with Crippen LogP contribution in [0.1, 0.15) is 37.5 Å². The lowest BCUT2D eigenvalue weighted by Gasteiger charge is -2.21. The van der Waals surface area contributed by atoms with Crippen LogP contribution in [0.15, 0.2) is 48.5 Å². The maximum Gasteiger partial charge on any atom is 0.243 e. The molecule has 1 unspecified atom stereocenters. The zero-order valence-corrected chi connectivity index (χ0v) is 16.9. The van der Waals surface area contributed by atoms with Crippen LogP contribution in [0, 0.1) is 5.92 Å². The fourth-order valence-corrected chi connectivity index (χ4v) is 3.61. The summed E-state index contributed by atoms with van der Waals surface area (Å²) in [4.78, 5) is 26.1. The van der Waals surface area contributed by atoms with Crippen molar-refractivity contribution in [3.05, 3.63) is 65.2 Å². The van der Waals surface area contributed by atoms with Crippen LogP contribution in [0.2, 0.25) is 0 Å². The van der Waals surface area contributed by atoms with E-state index >= 15 is 0 Å². The first-order valence-electron chi connectivity index (χ1n) is 9.89. The molecular formula is C23H29N3O2. The first-order valence-corrected chi connectivity index (χ1v) is 9.89. The molecule has 5 nitrogen and oxygen atoms in total. The second-order valence-electron chi connectivity index (χ2n) is 7.76. The summed E-state index contributed by atoms with van der Waals surface area (Å²) >= 11 is 0. The maximum absolute atomic E-state index is 12.4. The molecule has 2 N–H and O–H groups in total. The highest BCUT2D eigenvalue weighted by Gasteiger charge is 2.22. The summed E-state index contributed by atoms with van der Waals surface area (Å²) in [7, 11) is 0. The van der Waals surface area contributed by atoms with Gasteiger partial charge in [0, 0.05) is 32.2 Å². The SMILES string of the molecule is CC(=O)NC(C(=O)NCc1ccc(CN2CCc3ccccc32)cc1)C(C)C. The van der Waals surface area contributed by atoms with Gasteiger partial charge in [0.2, 0.25) is 11.8 Å². The van der Waals surface area contributed by atoms with Gasteiger partial charge in [0.1, 0.15) is 6.04 Å². The third kappa shape index (κ3) is 4.91. The summed E-state index contributed by atoms with van der Waals surface area (Å²) in [5, 5.41) is 5.64. The minimum absolute atomic E-state index is 0.0367. The first kappa shape index (κ1) is 19.9. The Hall–Kier alpha value is -2.82. The number of para-hydroxylation sites is 1. The zero-order chi connectivity index (χ0) is 20.1. The Morgan fingerprint density at radius 2 is 1.71 bits per heavy atom. The van der Waals surface area contributed by atoms with Gasteiger partial charge in [0.15, 0.2) is 0 Å². The van der Waals surface area contributed by atoms with Gasteiger partial charge < -0.3 is 15.5 Å². The van der Waals surface area contributed by atoms with Crippen molar-refractivity contribution in [1.82, 2.24) is 10.6 Å². The van der Waals surface area contributed by atoms with Gasteiger partial charge in [-0.25, -0.2) is 0 Å². The van der Waals surface area contributed by atoms with E-state index in [4.69, 9.17) is 0 Å². The van der Waals surface area contributed by atoms with Crippen molar-refractivity contribution < 1.29 is 9.59 Å². The van der Waals surface area contributed by atoms with E-state index in [-0.39, 0.29) is 17.7 Å². The van der Waals surface area contributed by atoms with E-state index in [1.165, 1.54) is 23.7 Å². The quantitative estimate of drug-likeness (QED) is 0.777. The van der Waals surface area contributed by atoms with E-state index in [1.54, 1.807) is 0 Å². The van der Waals surface area contributed by atoms with Crippen LogP contribution >= 0.6 is 0 Å². The molecule has 0 aromatic heterocycles. The third-order valence-corrected chi connectivity index (χ3v) is 5.15. The number of rotatable bonds is 7. The van der Waals surface area contributed by atoms with Gasteiger partial charge in [0.25, 0.3) is 0 Å². The lowest BCUT2D eigenvalue weighted by molar-refractivity contribution is -0.129. The Morgan fingerprint density at radius 1 is 1.04 bits per heavy atom. The van der Waals surface area contributed by atoms with Crippen LogP contribution in [0.25, 0.3) is 0 Å². The Labute approximate surface area is 167 Å². The molecule has 0 bridgehead atoms. The molecule has 148 valence electrons. The van der Waals surface area contributed by atoms with Gasteiger partial charge in [-0.05, 0) is 35.1 Å². The summed E-state index contributed by atoms with van der Waals surface area (Å²) < 4.78 is 0. The topological polar surface area (TPSA) is 61.4 Å². The molecule has 1 aliphatic rings. The lowest BCUT2D eigenvalue weighted by atomic mass is 10.0. The van der Waals surface area contributed by atoms with E-state index in [0.29, 0.717) is 6.54 Å². The molecule has 0 saturated heterocycles. The number of carbonyl (C=O) groups excluding carboxylic acids is 2. The highest BCUT2D eigenvalue weighted by molar-refractivity contribution is 5.87. The number of benzene rings is 2. The molecule has 0 aliphatic carbocycles. The number of amides is 2. The normalized spacial score (nSPS) is 13.9. The average Bonchev–Trinajstić information content (AvgIpc) is 3.08. The van der Waals surface area contributed by atoms with Crippen molar-refractivity contribution in [2.45, 2.75) is 46.3 Å². The van der Waals surface area contributed by atoms with E-state index in [0.717, 1.165) is 25.1 Å². The molecule has 2 aromatic carbocycles. The van der Waals surface area contributed by atoms with Gasteiger partial charge in [-0.3, -0.25) is 9.59 Å². The largest absolute Gasteiger partial charge is 0.367 e. The summed E-state index contributed by atoms with van der Waals surface area (Å²) in [6.45, 7) is 7.67. The number of hydrogen-bond acceptors (Lipinski definition) is 3. The van der Waals surface area contributed by atoms with Crippen molar-refractivity contribution in [3.8, 4) is 0 Å². The Bertz CT molecular complexity index is 830. The molecule has 1 atom stereocenters.